The molecule has 2 heterocycles. The molecule has 0 spiro atoms. The molecule has 2 aliphatic heterocycles. The molecule has 5 heteroatoms. The van der Waals surface area contributed by atoms with Crippen LogP contribution in [0.15, 0.2) is 30.3 Å². The second-order valence-electron chi connectivity index (χ2n) is 7.13. The Morgan fingerprint density at radius 2 is 2.04 bits per heavy atom. The van der Waals surface area contributed by atoms with Gasteiger partial charge in [-0.2, -0.15) is 0 Å². The van der Waals surface area contributed by atoms with Crippen LogP contribution in [0.1, 0.15) is 38.2 Å². The Labute approximate surface area is 141 Å². The van der Waals surface area contributed by atoms with Crippen LogP contribution in [0.3, 0.4) is 0 Å². The lowest BCUT2D eigenvalue weighted by Gasteiger charge is -2.30. The van der Waals surface area contributed by atoms with E-state index in [9.17, 15) is 9.59 Å². The van der Waals surface area contributed by atoms with Crippen molar-refractivity contribution in [1.29, 1.82) is 0 Å². The summed E-state index contributed by atoms with van der Waals surface area (Å²) in [6.07, 6.45) is 3.67. The number of thioether (sulfide) groups is 1. The highest BCUT2D eigenvalue weighted by molar-refractivity contribution is 8.01. The van der Waals surface area contributed by atoms with Crippen LogP contribution in [-0.2, 0) is 15.0 Å². The fourth-order valence-corrected chi connectivity index (χ4v) is 5.33. The summed E-state index contributed by atoms with van der Waals surface area (Å²) in [5, 5.41) is 3.13. The molecule has 2 unspecified atom stereocenters. The summed E-state index contributed by atoms with van der Waals surface area (Å²) in [5.74, 6) is 0.854. The van der Waals surface area contributed by atoms with Gasteiger partial charge in [-0.15, -0.1) is 11.8 Å². The zero-order chi connectivity index (χ0) is 16.1. The van der Waals surface area contributed by atoms with E-state index in [2.05, 4.69) is 36.5 Å². The molecule has 3 aliphatic rings. The molecular formula is C18H22N2O2S. The molecule has 4 nitrogen and oxygen atoms in total. The molecule has 3 fully saturated rings. The SMILES string of the molecule is CC12CCC(=O)N1C(C(=O)NCC1(c3ccccc3)CC1)CS2. The first-order valence-corrected chi connectivity index (χ1v) is 9.32. The summed E-state index contributed by atoms with van der Waals surface area (Å²) < 4.78 is 0. The Morgan fingerprint density at radius 1 is 1.30 bits per heavy atom. The molecule has 122 valence electrons. The Bertz CT molecular complexity index is 644. The highest BCUT2D eigenvalue weighted by Crippen LogP contribution is 2.49. The first-order valence-electron chi connectivity index (χ1n) is 8.34. The second kappa shape index (κ2) is 5.26. The predicted octanol–water partition coefficient (Wildman–Crippen LogP) is 2.29. The van der Waals surface area contributed by atoms with E-state index in [1.165, 1.54) is 5.56 Å². The van der Waals surface area contributed by atoms with Crippen LogP contribution in [0.2, 0.25) is 0 Å². The maximum atomic E-state index is 12.7. The summed E-state index contributed by atoms with van der Waals surface area (Å²) in [4.78, 5) is 26.5. The molecule has 2 saturated heterocycles. The highest BCUT2D eigenvalue weighted by atomic mass is 32.2. The lowest BCUT2D eigenvalue weighted by atomic mass is 9.96. The van der Waals surface area contributed by atoms with Gasteiger partial charge >= 0.3 is 0 Å². The number of carbonyl (C=O) groups is 2. The molecule has 1 aromatic carbocycles. The smallest absolute Gasteiger partial charge is 0.243 e. The Morgan fingerprint density at radius 3 is 2.74 bits per heavy atom. The molecule has 23 heavy (non-hydrogen) atoms. The molecule has 1 aromatic rings. The van der Waals surface area contributed by atoms with Gasteiger partial charge in [-0.3, -0.25) is 9.59 Å². The van der Waals surface area contributed by atoms with Gasteiger partial charge in [-0.1, -0.05) is 30.3 Å². The van der Waals surface area contributed by atoms with Crippen molar-refractivity contribution < 1.29 is 9.59 Å². The quantitative estimate of drug-likeness (QED) is 0.921. The molecule has 0 radical (unpaired) electrons. The van der Waals surface area contributed by atoms with E-state index in [4.69, 9.17) is 0 Å². The van der Waals surface area contributed by atoms with E-state index in [0.29, 0.717) is 18.7 Å². The maximum Gasteiger partial charge on any atom is 0.243 e. The van der Waals surface area contributed by atoms with Crippen LogP contribution in [0.25, 0.3) is 0 Å². The summed E-state index contributed by atoms with van der Waals surface area (Å²) in [7, 11) is 0. The van der Waals surface area contributed by atoms with Gasteiger partial charge < -0.3 is 10.2 Å². The molecule has 0 aromatic heterocycles. The second-order valence-corrected chi connectivity index (χ2v) is 8.63. The van der Waals surface area contributed by atoms with E-state index in [1.54, 1.807) is 11.8 Å². The number of hydrogen-bond donors (Lipinski definition) is 1. The molecular weight excluding hydrogens is 308 g/mol. The molecule has 1 aliphatic carbocycles. The molecule has 0 bridgehead atoms. The van der Waals surface area contributed by atoms with Crippen molar-refractivity contribution in [2.24, 2.45) is 0 Å². The van der Waals surface area contributed by atoms with E-state index >= 15 is 0 Å². The van der Waals surface area contributed by atoms with E-state index < -0.39 is 0 Å². The van der Waals surface area contributed by atoms with Crippen molar-refractivity contribution in [2.75, 3.05) is 12.3 Å². The number of benzene rings is 1. The van der Waals surface area contributed by atoms with Gasteiger partial charge in [-0.05, 0) is 31.7 Å². The largest absolute Gasteiger partial charge is 0.353 e. The third kappa shape index (κ3) is 2.45. The molecule has 1 saturated carbocycles. The van der Waals surface area contributed by atoms with Crippen molar-refractivity contribution in [3.05, 3.63) is 35.9 Å². The average molecular weight is 330 g/mol. The summed E-state index contributed by atoms with van der Waals surface area (Å²) >= 11 is 1.75. The van der Waals surface area contributed by atoms with E-state index in [1.807, 2.05) is 11.0 Å². The van der Waals surface area contributed by atoms with Crippen molar-refractivity contribution in [3.8, 4) is 0 Å². The zero-order valence-electron chi connectivity index (χ0n) is 13.4. The monoisotopic (exact) mass is 330 g/mol. The highest BCUT2D eigenvalue weighted by Gasteiger charge is 2.53. The van der Waals surface area contributed by atoms with E-state index in [-0.39, 0.29) is 28.1 Å². The van der Waals surface area contributed by atoms with Crippen LogP contribution >= 0.6 is 11.8 Å². The van der Waals surface area contributed by atoms with Gasteiger partial charge in [0.25, 0.3) is 0 Å². The number of nitrogens with zero attached hydrogens (tertiary/aromatic N) is 1. The topological polar surface area (TPSA) is 49.4 Å². The van der Waals surface area contributed by atoms with Crippen molar-refractivity contribution in [3.63, 3.8) is 0 Å². The van der Waals surface area contributed by atoms with Gasteiger partial charge in [0, 0.05) is 24.1 Å². The summed E-state index contributed by atoms with van der Waals surface area (Å²) in [6, 6.07) is 10.1. The fourth-order valence-electron chi connectivity index (χ4n) is 3.90. The third-order valence-electron chi connectivity index (χ3n) is 5.59. The Balaban J connectivity index is 1.42. The van der Waals surface area contributed by atoms with Crippen LogP contribution in [0.4, 0.5) is 0 Å². The number of nitrogens with one attached hydrogen (secondary N) is 1. The molecule has 1 N–H and O–H groups in total. The summed E-state index contributed by atoms with van der Waals surface area (Å²) in [5.41, 5.74) is 1.42. The fraction of sp³-hybridized carbons (Fsp3) is 0.556. The van der Waals surface area contributed by atoms with Crippen molar-refractivity contribution in [1.82, 2.24) is 10.2 Å². The van der Waals surface area contributed by atoms with Gasteiger partial charge in [0.05, 0.1) is 4.87 Å². The minimum atomic E-state index is -0.299. The van der Waals surface area contributed by atoms with Gasteiger partial charge in [-0.25, -0.2) is 0 Å². The normalized spacial score (nSPS) is 31.1. The first-order chi connectivity index (χ1) is 11.0. The number of fused-ring (bicyclic) bond motifs is 1. The number of rotatable bonds is 4. The lowest BCUT2D eigenvalue weighted by Crippen LogP contribution is -2.51. The van der Waals surface area contributed by atoms with Crippen LogP contribution in [0, 0.1) is 0 Å². The van der Waals surface area contributed by atoms with Crippen LogP contribution in [-0.4, -0.2) is 39.9 Å². The Kier molecular flexibility index (Phi) is 3.45. The van der Waals surface area contributed by atoms with Gasteiger partial charge in [0.2, 0.25) is 11.8 Å². The number of hydrogen-bond acceptors (Lipinski definition) is 3. The average Bonchev–Trinajstić information content (AvgIpc) is 3.20. The Hall–Kier alpha value is -1.49. The van der Waals surface area contributed by atoms with E-state index in [0.717, 1.165) is 19.3 Å². The predicted molar refractivity (Wildman–Crippen MR) is 91.1 cm³/mol. The summed E-state index contributed by atoms with van der Waals surface area (Å²) in [6.45, 7) is 2.76. The van der Waals surface area contributed by atoms with Crippen molar-refractivity contribution >= 4 is 23.6 Å². The third-order valence-corrected chi connectivity index (χ3v) is 7.09. The van der Waals surface area contributed by atoms with Crippen molar-refractivity contribution in [2.45, 2.75) is 48.9 Å². The van der Waals surface area contributed by atoms with Crippen LogP contribution in [0.5, 0.6) is 0 Å². The standard InChI is InChI=1S/C18H22N2O2S/c1-17-8-7-15(21)20(17)14(11-23-17)16(22)19-12-18(9-10-18)13-5-3-2-4-6-13/h2-6,14H,7-12H2,1H3,(H,19,22). The maximum absolute atomic E-state index is 12.7. The van der Waals surface area contributed by atoms with Gasteiger partial charge in [0.15, 0.2) is 0 Å². The minimum Gasteiger partial charge on any atom is -0.353 e. The molecule has 2 amide bonds. The molecule has 2 atom stereocenters. The number of carbonyl (C=O) groups excluding carboxylic acids is 2. The zero-order valence-corrected chi connectivity index (χ0v) is 14.2. The van der Waals surface area contributed by atoms with Gasteiger partial charge in [0.1, 0.15) is 6.04 Å². The minimum absolute atomic E-state index is 0.0127. The lowest BCUT2D eigenvalue weighted by molar-refractivity contribution is -0.138. The van der Waals surface area contributed by atoms with Crippen LogP contribution < -0.4 is 5.32 Å². The first kappa shape index (κ1) is 15.1. The number of amides is 2. The molecule has 4 rings (SSSR count).